The Morgan fingerprint density at radius 2 is 2.08 bits per heavy atom. The van der Waals surface area contributed by atoms with Crippen LogP contribution in [0.15, 0.2) is 28.6 Å². The molecule has 0 saturated heterocycles. The smallest absolute Gasteiger partial charge is 0.385 e. The van der Waals surface area contributed by atoms with Gasteiger partial charge >= 0.3 is 6.18 Å². The van der Waals surface area contributed by atoms with E-state index in [-0.39, 0.29) is 22.5 Å². The number of methoxy groups -OCH3 is 1. The van der Waals surface area contributed by atoms with Crippen molar-refractivity contribution in [2.45, 2.75) is 16.9 Å². The second kappa shape index (κ2) is 9.74. The molecule has 2 rings (SSSR count). The van der Waals surface area contributed by atoms with Gasteiger partial charge in [0.1, 0.15) is 0 Å². The molecule has 142 valence electrons. The van der Waals surface area contributed by atoms with Gasteiger partial charge in [0.15, 0.2) is 4.34 Å². The van der Waals surface area contributed by atoms with Crippen LogP contribution in [-0.2, 0) is 15.7 Å². The third kappa shape index (κ3) is 6.46. The molecule has 0 unspecified atom stereocenters. The summed E-state index contributed by atoms with van der Waals surface area (Å²) in [7, 11) is 1.59. The molecule has 2 N–H and O–H groups in total. The number of nitrogens with zero attached hydrogens (tertiary/aromatic N) is 2. The van der Waals surface area contributed by atoms with Gasteiger partial charge in [-0.3, -0.25) is 4.79 Å². The van der Waals surface area contributed by atoms with E-state index in [4.69, 9.17) is 4.74 Å². The zero-order chi connectivity index (χ0) is 19.0. The lowest BCUT2D eigenvalue weighted by molar-refractivity contribution is -0.137. The Morgan fingerprint density at radius 1 is 1.31 bits per heavy atom. The first kappa shape index (κ1) is 20.5. The molecule has 0 aliphatic rings. The van der Waals surface area contributed by atoms with Crippen molar-refractivity contribution in [2.24, 2.45) is 0 Å². The molecule has 11 heteroatoms. The Balaban J connectivity index is 1.88. The molecular weight excluding hydrogens is 389 g/mol. The fourth-order valence-corrected chi connectivity index (χ4v) is 3.49. The fraction of sp³-hybridized carbons (Fsp3) is 0.400. The maximum Gasteiger partial charge on any atom is 0.418 e. The van der Waals surface area contributed by atoms with Gasteiger partial charge in [0.25, 0.3) is 0 Å². The molecule has 1 aromatic heterocycles. The number of nitrogens with one attached hydrogen (secondary N) is 2. The van der Waals surface area contributed by atoms with Crippen LogP contribution in [0.3, 0.4) is 0 Å². The van der Waals surface area contributed by atoms with E-state index in [9.17, 15) is 18.0 Å². The number of thioether (sulfide) groups is 1. The first-order chi connectivity index (χ1) is 12.4. The van der Waals surface area contributed by atoms with Crippen LogP contribution in [0, 0.1) is 0 Å². The summed E-state index contributed by atoms with van der Waals surface area (Å²) >= 11 is 2.26. The molecule has 0 bridgehead atoms. The number of alkyl halides is 3. The summed E-state index contributed by atoms with van der Waals surface area (Å²) in [4.78, 5) is 11.7. The number of halogens is 3. The maximum atomic E-state index is 13.0. The molecule has 0 fully saturated rings. The Kier molecular flexibility index (Phi) is 7.66. The minimum Gasteiger partial charge on any atom is -0.385 e. The number of hydrogen-bond acceptors (Lipinski definition) is 7. The summed E-state index contributed by atoms with van der Waals surface area (Å²) in [6, 6.07) is 5.14. The molecule has 0 atom stereocenters. The largest absolute Gasteiger partial charge is 0.418 e. The Morgan fingerprint density at radius 3 is 2.81 bits per heavy atom. The molecule has 0 saturated carbocycles. The Bertz CT molecular complexity index is 725. The number of ether oxygens (including phenoxy) is 1. The molecule has 1 aromatic carbocycles. The van der Waals surface area contributed by atoms with E-state index in [1.54, 1.807) is 7.11 Å². The summed E-state index contributed by atoms with van der Waals surface area (Å²) in [6.45, 7) is 1.09. The number of para-hydroxylation sites is 1. The first-order valence-corrected chi connectivity index (χ1v) is 9.35. The lowest BCUT2D eigenvalue weighted by Gasteiger charge is -2.12. The van der Waals surface area contributed by atoms with Crippen LogP contribution >= 0.6 is 23.1 Å². The summed E-state index contributed by atoms with van der Waals surface area (Å²) in [5.41, 5.74) is -0.872. The fourth-order valence-electron chi connectivity index (χ4n) is 1.90. The highest BCUT2D eigenvalue weighted by atomic mass is 32.2. The number of carbonyl (C=O) groups excluding carboxylic acids is 1. The number of amides is 1. The van der Waals surface area contributed by atoms with Crippen LogP contribution in [-0.4, -0.2) is 42.1 Å². The quantitative estimate of drug-likeness (QED) is 0.490. The number of hydrogen-bond donors (Lipinski definition) is 2. The minimum absolute atomic E-state index is 0.0939. The topological polar surface area (TPSA) is 76.1 Å². The summed E-state index contributed by atoms with van der Waals surface area (Å²) in [5.74, 6) is -0.000892. The van der Waals surface area contributed by atoms with Crippen molar-refractivity contribution in [3.63, 3.8) is 0 Å². The monoisotopic (exact) mass is 406 g/mol. The van der Waals surface area contributed by atoms with E-state index < -0.39 is 11.7 Å². The molecule has 0 radical (unpaired) electrons. The Hall–Kier alpha value is -1.85. The molecule has 0 aliphatic carbocycles. The second-order valence-electron chi connectivity index (χ2n) is 5.03. The van der Waals surface area contributed by atoms with Gasteiger partial charge in [0.05, 0.1) is 17.0 Å². The molecule has 6 nitrogen and oxygen atoms in total. The summed E-state index contributed by atoms with van der Waals surface area (Å²) in [6.07, 6.45) is -3.74. The van der Waals surface area contributed by atoms with E-state index in [1.807, 2.05) is 0 Å². The van der Waals surface area contributed by atoms with Crippen LogP contribution in [0.25, 0.3) is 0 Å². The lowest BCUT2D eigenvalue weighted by atomic mass is 10.2. The minimum atomic E-state index is -4.47. The summed E-state index contributed by atoms with van der Waals surface area (Å²) in [5, 5.41) is 13.3. The van der Waals surface area contributed by atoms with Gasteiger partial charge in [0.2, 0.25) is 11.0 Å². The summed E-state index contributed by atoms with van der Waals surface area (Å²) < 4.78 is 44.3. The van der Waals surface area contributed by atoms with Gasteiger partial charge in [-0.05, 0) is 18.6 Å². The van der Waals surface area contributed by atoms with Crippen molar-refractivity contribution in [3.05, 3.63) is 29.8 Å². The molecule has 1 heterocycles. The number of benzene rings is 1. The number of carbonyl (C=O) groups is 1. The highest BCUT2D eigenvalue weighted by molar-refractivity contribution is 8.01. The van der Waals surface area contributed by atoms with Crippen LogP contribution in [0.4, 0.5) is 24.0 Å². The highest BCUT2D eigenvalue weighted by Gasteiger charge is 2.33. The van der Waals surface area contributed by atoms with Crippen LogP contribution < -0.4 is 10.6 Å². The standard InChI is InChI=1S/C15H17F3N4O2S2/c1-24-8-4-7-19-12(23)9-25-14-22-21-13(26-14)20-11-6-3-2-5-10(11)15(16,17)18/h2-3,5-6H,4,7-9H2,1H3,(H,19,23)(H,20,21). The molecule has 2 aromatic rings. The molecule has 26 heavy (non-hydrogen) atoms. The van der Waals surface area contributed by atoms with E-state index >= 15 is 0 Å². The number of rotatable bonds is 9. The van der Waals surface area contributed by atoms with E-state index in [0.717, 1.165) is 23.8 Å². The van der Waals surface area contributed by atoms with Crippen LogP contribution in [0.5, 0.6) is 0 Å². The molecule has 0 spiro atoms. The highest BCUT2D eigenvalue weighted by Crippen LogP contribution is 2.36. The number of aromatic nitrogens is 2. The average Bonchev–Trinajstić information content (AvgIpc) is 3.04. The normalized spacial score (nSPS) is 11.4. The average molecular weight is 406 g/mol. The van der Waals surface area contributed by atoms with E-state index in [1.165, 1.54) is 30.0 Å². The zero-order valence-corrected chi connectivity index (χ0v) is 15.4. The van der Waals surface area contributed by atoms with E-state index in [0.29, 0.717) is 17.5 Å². The van der Waals surface area contributed by atoms with Gasteiger partial charge in [-0.25, -0.2) is 0 Å². The van der Waals surface area contributed by atoms with Crippen molar-refractivity contribution >= 4 is 39.8 Å². The van der Waals surface area contributed by atoms with Gasteiger partial charge in [-0.15, -0.1) is 10.2 Å². The van der Waals surface area contributed by atoms with Crippen LogP contribution in [0.2, 0.25) is 0 Å². The van der Waals surface area contributed by atoms with Crippen molar-refractivity contribution in [1.29, 1.82) is 0 Å². The van der Waals surface area contributed by atoms with Crippen molar-refractivity contribution in [2.75, 3.05) is 31.3 Å². The number of anilines is 2. The third-order valence-corrected chi connectivity index (χ3v) is 5.03. The third-order valence-electron chi connectivity index (χ3n) is 3.05. The van der Waals surface area contributed by atoms with Gasteiger partial charge in [-0.2, -0.15) is 13.2 Å². The Labute approximate surface area is 156 Å². The predicted molar refractivity (Wildman–Crippen MR) is 94.9 cm³/mol. The maximum absolute atomic E-state index is 13.0. The van der Waals surface area contributed by atoms with Crippen molar-refractivity contribution < 1.29 is 22.7 Å². The van der Waals surface area contributed by atoms with Gasteiger partial charge in [0, 0.05) is 20.3 Å². The van der Waals surface area contributed by atoms with Crippen LogP contribution in [0.1, 0.15) is 12.0 Å². The van der Waals surface area contributed by atoms with Crippen molar-refractivity contribution in [1.82, 2.24) is 15.5 Å². The molecule has 0 aliphatic heterocycles. The zero-order valence-electron chi connectivity index (χ0n) is 13.8. The lowest BCUT2D eigenvalue weighted by Crippen LogP contribution is -2.26. The predicted octanol–water partition coefficient (Wildman–Crippen LogP) is 3.55. The van der Waals surface area contributed by atoms with Crippen molar-refractivity contribution in [3.8, 4) is 0 Å². The second-order valence-corrected chi connectivity index (χ2v) is 7.23. The molecule has 1 amide bonds. The van der Waals surface area contributed by atoms with Gasteiger partial charge < -0.3 is 15.4 Å². The van der Waals surface area contributed by atoms with E-state index in [2.05, 4.69) is 20.8 Å². The SMILES string of the molecule is COCCCNC(=O)CSc1nnc(Nc2ccccc2C(F)(F)F)s1. The van der Waals surface area contributed by atoms with Gasteiger partial charge in [-0.1, -0.05) is 35.2 Å². The first-order valence-electron chi connectivity index (χ1n) is 7.55. The molecular formula is C15H17F3N4O2S2.